The van der Waals surface area contributed by atoms with Crippen LogP contribution >= 0.6 is 11.6 Å². The number of nitrogens with one attached hydrogen (secondary N) is 1. The first-order valence-corrected chi connectivity index (χ1v) is 6.30. The van der Waals surface area contributed by atoms with Crippen molar-refractivity contribution in [1.29, 1.82) is 0 Å². The van der Waals surface area contributed by atoms with Crippen molar-refractivity contribution in [2.75, 3.05) is 11.9 Å². The molecule has 5 nitrogen and oxygen atoms in total. The molecule has 1 saturated carbocycles. The van der Waals surface area contributed by atoms with E-state index in [0.29, 0.717) is 16.8 Å². The lowest BCUT2D eigenvalue weighted by molar-refractivity contribution is -0.384. The van der Waals surface area contributed by atoms with Crippen molar-refractivity contribution in [3.05, 3.63) is 33.3 Å². The molecule has 0 heterocycles. The summed E-state index contributed by atoms with van der Waals surface area (Å²) >= 11 is 6.01. The second-order valence-corrected chi connectivity index (χ2v) is 4.72. The van der Waals surface area contributed by atoms with Gasteiger partial charge in [-0.05, 0) is 25.8 Å². The van der Waals surface area contributed by atoms with Gasteiger partial charge in [-0.3, -0.25) is 10.1 Å². The first-order chi connectivity index (χ1) is 8.60. The average Bonchev–Trinajstić information content (AvgIpc) is 2.28. The summed E-state index contributed by atoms with van der Waals surface area (Å²) in [5.41, 5.74) is 0.661. The van der Waals surface area contributed by atoms with E-state index >= 15 is 0 Å². The highest BCUT2D eigenvalue weighted by atomic mass is 35.5. The lowest BCUT2D eigenvalue weighted by Crippen LogP contribution is -2.40. The quantitative estimate of drug-likeness (QED) is 0.659. The summed E-state index contributed by atoms with van der Waals surface area (Å²) < 4.78 is 5.46. The van der Waals surface area contributed by atoms with E-state index in [4.69, 9.17) is 16.3 Å². The molecule has 0 spiro atoms. The number of benzene rings is 1. The number of nitro benzene ring substituents is 1. The molecule has 0 radical (unpaired) electrons. The Morgan fingerprint density at radius 2 is 2.28 bits per heavy atom. The third-order valence-electron chi connectivity index (χ3n) is 3.02. The van der Waals surface area contributed by atoms with Crippen LogP contribution in [0.5, 0.6) is 0 Å². The number of hydrogen-bond acceptors (Lipinski definition) is 4. The molecule has 0 amide bonds. The number of hydrogen-bond donors (Lipinski definition) is 1. The molecule has 1 aromatic carbocycles. The highest BCUT2D eigenvalue weighted by Crippen LogP contribution is 2.32. The topological polar surface area (TPSA) is 64.4 Å². The largest absolute Gasteiger partial charge is 0.381 e. The molecule has 6 heteroatoms. The van der Waals surface area contributed by atoms with Crippen molar-refractivity contribution in [2.24, 2.45) is 0 Å². The van der Waals surface area contributed by atoms with E-state index in [2.05, 4.69) is 5.32 Å². The van der Waals surface area contributed by atoms with Gasteiger partial charge in [0.2, 0.25) is 0 Å². The summed E-state index contributed by atoms with van der Waals surface area (Å²) in [6.07, 6.45) is 2.12. The highest BCUT2D eigenvalue weighted by molar-refractivity contribution is 6.33. The van der Waals surface area contributed by atoms with Gasteiger partial charge in [-0.2, -0.15) is 0 Å². The molecule has 0 aromatic heterocycles. The van der Waals surface area contributed by atoms with Gasteiger partial charge in [0, 0.05) is 24.8 Å². The number of non-ortho nitro benzene ring substituents is 1. The Labute approximate surface area is 110 Å². The fourth-order valence-corrected chi connectivity index (χ4v) is 2.18. The van der Waals surface area contributed by atoms with E-state index in [1.807, 2.05) is 6.92 Å². The first-order valence-electron chi connectivity index (χ1n) is 5.92. The van der Waals surface area contributed by atoms with Crippen molar-refractivity contribution in [3.63, 3.8) is 0 Å². The summed E-state index contributed by atoms with van der Waals surface area (Å²) in [5, 5.41) is 14.4. The highest BCUT2D eigenvalue weighted by Gasteiger charge is 2.30. The predicted molar refractivity (Wildman–Crippen MR) is 70.2 cm³/mol. The molecular weight excluding hydrogens is 256 g/mol. The minimum atomic E-state index is -0.425. The van der Waals surface area contributed by atoms with Gasteiger partial charge >= 0.3 is 0 Å². The van der Waals surface area contributed by atoms with Crippen molar-refractivity contribution >= 4 is 23.0 Å². The van der Waals surface area contributed by atoms with E-state index in [1.54, 1.807) is 6.07 Å². The molecule has 98 valence electrons. The van der Waals surface area contributed by atoms with E-state index in [1.165, 1.54) is 12.1 Å². The number of ether oxygens (including phenoxy) is 1. The van der Waals surface area contributed by atoms with Gasteiger partial charge in [0.25, 0.3) is 5.69 Å². The molecule has 18 heavy (non-hydrogen) atoms. The van der Waals surface area contributed by atoms with Crippen LogP contribution in [0.1, 0.15) is 19.8 Å². The van der Waals surface area contributed by atoms with Gasteiger partial charge in [0.15, 0.2) is 0 Å². The molecule has 0 unspecified atom stereocenters. The molecule has 1 N–H and O–H groups in total. The number of halogens is 1. The molecule has 0 aliphatic heterocycles. The van der Waals surface area contributed by atoms with Crippen molar-refractivity contribution in [2.45, 2.75) is 31.9 Å². The van der Waals surface area contributed by atoms with Crippen molar-refractivity contribution in [1.82, 2.24) is 0 Å². The zero-order valence-electron chi connectivity index (χ0n) is 10.1. The molecule has 1 fully saturated rings. The van der Waals surface area contributed by atoms with E-state index in [9.17, 15) is 10.1 Å². The number of rotatable bonds is 5. The van der Waals surface area contributed by atoms with Crippen LogP contribution in [0.25, 0.3) is 0 Å². The van der Waals surface area contributed by atoms with Gasteiger partial charge in [-0.15, -0.1) is 0 Å². The fourth-order valence-electron chi connectivity index (χ4n) is 2.01. The first kappa shape index (κ1) is 13.1. The maximum atomic E-state index is 10.7. The molecule has 0 atom stereocenters. The molecule has 2 rings (SSSR count). The van der Waals surface area contributed by atoms with E-state index < -0.39 is 4.92 Å². The van der Waals surface area contributed by atoms with Crippen LogP contribution in [0.15, 0.2) is 18.2 Å². The monoisotopic (exact) mass is 270 g/mol. The Hall–Kier alpha value is -1.33. The van der Waals surface area contributed by atoms with E-state index in [0.717, 1.165) is 19.4 Å². The molecule has 1 aliphatic rings. The molecule has 0 saturated heterocycles. The number of nitro groups is 1. The molecule has 1 aliphatic carbocycles. The summed E-state index contributed by atoms with van der Waals surface area (Å²) in [7, 11) is 0. The summed E-state index contributed by atoms with van der Waals surface area (Å²) in [4.78, 5) is 10.3. The second kappa shape index (κ2) is 5.54. The average molecular weight is 271 g/mol. The lowest BCUT2D eigenvalue weighted by Gasteiger charge is -2.36. The number of anilines is 1. The zero-order chi connectivity index (χ0) is 13.1. The van der Waals surface area contributed by atoms with Crippen molar-refractivity contribution in [3.8, 4) is 0 Å². The predicted octanol–water partition coefficient (Wildman–Crippen LogP) is 3.23. The van der Waals surface area contributed by atoms with Crippen molar-refractivity contribution < 1.29 is 9.66 Å². The Morgan fingerprint density at radius 3 is 2.89 bits per heavy atom. The minimum absolute atomic E-state index is 0.0441. The normalized spacial score (nSPS) is 22.3. The standard InChI is InChI=1S/C12H15ClN2O3/c1-2-18-10-5-8(6-10)14-12-7-9(15(16)17)3-4-11(12)13/h3-4,7-8,10,14H,2,5-6H2,1H3. The minimum Gasteiger partial charge on any atom is -0.381 e. The van der Waals surface area contributed by atoms with Gasteiger partial charge in [-0.1, -0.05) is 11.6 Å². The van der Waals surface area contributed by atoms with Gasteiger partial charge in [0.05, 0.1) is 21.7 Å². The summed E-state index contributed by atoms with van der Waals surface area (Å²) in [6.45, 7) is 2.69. The Kier molecular flexibility index (Phi) is 4.04. The molecular formula is C12H15ClN2O3. The van der Waals surface area contributed by atoms with Crippen LogP contribution in [0, 0.1) is 10.1 Å². The number of nitrogens with zero attached hydrogens (tertiary/aromatic N) is 1. The van der Waals surface area contributed by atoms with Gasteiger partial charge in [-0.25, -0.2) is 0 Å². The molecule has 1 aromatic rings. The maximum absolute atomic E-state index is 10.7. The summed E-state index contributed by atoms with van der Waals surface area (Å²) in [6, 6.07) is 4.69. The second-order valence-electron chi connectivity index (χ2n) is 4.31. The van der Waals surface area contributed by atoms with Gasteiger partial charge in [0.1, 0.15) is 0 Å². The van der Waals surface area contributed by atoms with Crippen LogP contribution < -0.4 is 5.32 Å². The smallest absolute Gasteiger partial charge is 0.271 e. The fraction of sp³-hybridized carbons (Fsp3) is 0.500. The zero-order valence-corrected chi connectivity index (χ0v) is 10.8. The maximum Gasteiger partial charge on any atom is 0.271 e. The van der Waals surface area contributed by atoms with Crippen LogP contribution in [-0.4, -0.2) is 23.7 Å². The van der Waals surface area contributed by atoms with E-state index in [-0.39, 0.29) is 11.7 Å². The Bertz CT molecular complexity index is 447. The molecule has 0 bridgehead atoms. The Balaban J connectivity index is 1.97. The van der Waals surface area contributed by atoms with Crippen LogP contribution in [0.3, 0.4) is 0 Å². The van der Waals surface area contributed by atoms with Gasteiger partial charge < -0.3 is 10.1 Å². The Morgan fingerprint density at radius 1 is 1.56 bits per heavy atom. The summed E-state index contributed by atoms with van der Waals surface area (Å²) in [5.74, 6) is 0. The van der Waals surface area contributed by atoms with Crippen LogP contribution in [0.4, 0.5) is 11.4 Å². The third kappa shape index (κ3) is 2.91. The lowest BCUT2D eigenvalue weighted by atomic mass is 9.89. The third-order valence-corrected chi connectivity index (χ3v) is 3.35. The van der Waals surface area contributed by atoms with Crippen LogP contribution in [0.2, 0.25) is 5.02 Å². The van der Waals surface area contributed by atoms with Crippen LogP contribution in [-0.2, 0) is 4.74 Å². The SMILES string of the molecule is CCOC1CC(Nc2cc([N+](=O)[O-])ccc2Cl)C1.